The van der Waals surface area contributed by atoms with Crippen LogP contribution >= 0.6 is 0 Å². The van der Waals surface area contributed by atoms with Gasteiger partial charge in [0.25, 0.3) is 5.91 Å². The molecule has 0 unspecified atom stereocenters. The number of nitrogens with two attached hydrogens (primary N) is 1. The Kier molecular flexibility index (Phi) is 4.24. The van der Waals surface area contributed by atoms with Crippen molar-refractivity contribution < 1.29 is 9.42 Å². The van der Waals surface area contributed by atoms with Gasteiger partial charge in [0, 0.05) is 38.3 Å². The lowest BCUT2D eigenvalue weighted by molar-refractivity contribution is 0.0586. The minimum Gasteiger partial charge on any atom is -0.379 e. The summed E-state index contributed by atoms with van der Waals surface area (Å²) in [5, 5.41) is 9.73. The highest BCUT2D eigenvalue weighted by Gasteiger charge is 2.30. The fourth-order valence-electron chi connectivity index (χ4n) is 2.26. The molecule has 0 radical (unpaired) electrons. The Hall–Kier alpha value is -1.67. The van der Waals surface area contributed by atoms with E-state index in [1.54, 1.807) is 0 Å². The van der Waals surface area contributed by atoms with Gasteiger partial charge in [-0.3, -0.25) is 9.69 Å². The van der Waals surface area contributed by atoms with E-state index in [4.69, 9.17) is 5.73 Å². The first-order valence-corrected chi connectivity index (χ1v) is 6.70. The third-order valence-corrected chi connectivity index (χ3v) is 3.77. The maximum absolute atomic E-state index is 11.9. The molecule has 20 heavy (non-hydrogen) atoms. The molecule has 3 N–H and O–H groups in total. The lowest BCUT2D eigenvalue weighted by atomic mass is 10.0. The molecule has 0 aliphatic carbocycles. The number of rotatable bonds is 4. The number of nitrogens with one attached hydrogen (secondary N) is 1. The number of nitrogen functional groups attached to an aromatic ring is 1. The van der Waals surface area contributed by atoms with Crippen LogP contribution in [0.25, 0.3) is 0 Å². The Labute approximate surface area is 118 Å². The fraction of sp³-hybridized carbons (Fsp3) is 0.750. The first-order valence-electron chi connectivity index (χ1n) is 6.70. The van der Waals surface area contributed by atoms with E-state index in [1.807, 2.05) is 0 Å². The Morgan fingerprint density at radius 1 is 1.35 bits per heavy atom. The summed E-state index contributed by atoms with van der Waals surface area (Å²) in [4.78, 5) is 16.6. The number of hydrogen-bond donors (Lipinski definition) is 2. The number of carbonyl (C=O) groups is 1. The molecule has 0 atom stereocenters. The SMILES string of the molecule is CN1CCN(C(C)(C)CNC(=O)c2nonc2N)CC1. The molecule has 1 aromatic heterocycles. The van der Waals surface area contributed by atoms with E-state index in [2.05, 4.69) is 51.0 Å². The molecule has 1 saturated heterocycles. The normalized spacial score (nSPS) is 18.1. The molecular formula is C12H22N6O2. The summed E-state index contributed by atoms with van der Waals surface area (Å²) in [7, 11) is 2.12. The second-order valence-electron chi connectivity index (χ2n) is 5.78. The zero-order valence-corrected chi connectivity index (χ0v) is 12.2. The van der Waals surface area contributed by atoms with E-state index in [9.17, 15) is 4.79 Å². The van der Waals surface area contributed by atoms with Gasteiger partial charge in [0.15, 0.2) is 0 Å². The van der Waals surface area contributed by atoms with Gasteiger partial charge in [-0.1, -0.05) is 0 Å². The van der Waals surface area contributed by atoms with E-state index in [0.29, 0.717) is 6.54 Å². The molecule has 1 fully saturated rings. The van der Waals surface area contributed by atoms with Gasteiger partial charge in [-0.15, -0.1) is 0 Å². The van der Waals surface area contributed by atoms with Gasteiger partial charge < -0.3 is 16.0 Å². The highest BCUT2D eigenvalue weighted by molar-refractivity contribution is 5.96. The second-order valence-corrected chi connectivity index (χ2v) is 5.78. The highest BCUT2D eigenvalue weighted by atomic mass is 16.6. The molecule has 8 heteroatoms. The molecule has 0 bridgehead atoms. The third-order valence-electron chi connectivity index (χ3n) is 3.77. The molecule has 0 spiro atoms. The summed E-state index contributed by atoms with van der Waals surface area (Å²) in [6.07, 6.45) is 0. The average molecular weight is 282 g/mol. The van der Waals surface area contributed by atoms with Crippen molar-refractivity contribution in [1.82, 2.24) is 25.4 Å². The van der Waals surface area contributed by atoms with E-state index < -0.39 is 0 Å². The lowest BCUT2D eigenvalue weighted by Gasteiger charge is -2.43. The van der Waals surface area contributed by atoms with Crippen LogP contribution in [0.4, 0.5) is 5.82 Å². The van der Waals surface area contributed by atoms with E-state index in [1.165, 1.54) is 0 Å². The van der Waals surface area contributed by atoms with Gasteiger partial charge in [-0.25, -0.2) is 4.63 Å². The third kappa shape index (κ3) is 3.26. The van der Waals surface area contributed by atoms with Gasteiger partial charge in [0.05, 0.1) is 0 Å². The highest BCUT2D eigenvalue weighted by Crippen LogP contribution is 2.16. The van der Waals surface area contributed by atoms with Crippen LogP contribution in [0.1, 0.15) is 24.3 Å². The van der Waals surface area contributed by atoms with Crippen LogP contribution in [0.5, 0.6) is 0 Å². The molecule has 1 aliphatic heterocycles. The van der Waals surface area contributed by atoms with E-state index in [0.717, 1.165) is 26.2 Å². The molecule has 1 amide bonds. The number of likely N-dealkylation sites (N-methyl/N-ethyl adjacent to an activating group) is 1. The van der Waals surface area contributed by atoms with Crippen molar-refractivity contribution in [2.75, 3.05) is 45.5 Å². The Balaban J connectivity index is 1.89. The smallest absolute Gasteiger partial charge is 0.277 e. The molecule has 2 heterocycles. The minimum atomic E-state index is -0.356. The number of carbonyl (C=O) groups excluding carboxylic acids is 1. The fourth-order valence-corrected chi connectivity index (χ4v) is 2.26. The molecule has 0 aromatic carbocycles. The standard InChI is InChI=1S/C12H22N6O2/c1-12(2,18-6-4-17(3)5-7-18)8-14-11(19)9-10(13)16-20-15-9/h4-8H2,1-3H3,(H2,13,16)(H,14,19). The molecule has 112 valence electrons. The van der Waals surface area contributed by atoms with Gasteiger partial charge in [0.1, 0.15) is 0 Å². The molecule has 1 aliphatic rings. The van der Waals surface area contributed by atoms with E-state index >= 15 is 0 Å². The Bertz CT molecular complexity index is 464. The first-order chi connectivity index (χ1) is 9.40. The van der Waals surface area contributed by atoms with Crippen LogP contribution in [-0.4, -0.2) is 71.3 Å². The van der Waals surface area contributed by atoms with Crippen molar-refractivity contribution in [1.29, 1.82) is 0 Å². The second kappa shape index (κ2) is 5.76. The number of amides is 1. The summed E-state index contributed by atoms with van der Waals surface area (Å²) in [5.41, 5.74) is 5.41. The maximum Gasteiger partial charge on any atom is 0.277 e. The largest absolute Gasteiger partial charge is 0.379 e. The number of piperazine rings is 1. The minimum absolute atomic E-state index is 0.0138. The van der Waals surface area contributed by atoms with E-state index in [-0.39, 0.29) is 23.0 Å². The molecule has 1 aromatic rings. The topological polar surface area (TPSA) is 101 Å². The van der Waals surface area contributed by atoms with Crippen LogP contribution in [0.3, 0.4) is 0 Å². The summed E-state index contributed by atoms with van der Waals surface area (Å²) in [5.74, 6) is -0.342. The first kappa shape index (κ1) is 14.7. The van der Waals surface area contributed by atoms with Crippen LogP contribution in [0.15, 0.2) is 4.63 Å². The van der Waals surface area contributed by atoms with Gasteiger partial charge in [-0.05, 0) is 31.2 Å². The predicted molar refractivity (Wildman–Crippen MR) is 74.2 cm³/mol. The van der Waals surface area contributed by atoms with Gasteiger partial charge >= 0.3 is 0 Å². The number of aromatic nitrogens is 2. The molecular weight excluding hydrogens is 260 g/mol. The molecule has 8 nitrogen and oxygen atoms in total. The summed E-state index contributed by atoms with van der Waals surface area (Å²) in [6.45, 7) is 8.81. The number of hydrogen-bond acceptors (Lipinski definition) is 7. The average Bonchev–Trinajstić information content (AvgIpc) is 2.83. The van der Waals surface area contributed by atoms with Crippen molar-refractivity contribution in [2.24, 2.45) is 0 Å². The van der Waals surface area contributed by atoms with Crippen molar-refractivity contribution in [3.05, 3.63) is 5.69 Å². The Morgan fingerprint density at radius 3 is 2.55 bits per heavy atom. The quantitative estimate of drug-likeness (QED) is 0.761. The predicted octanol–water partition coefficient (Wildman–Crippen LogP) is -0.592. The van der Waals surface area contributed by atoms with Crippen LogP contribution in [0.2, 0.25) is 0 Å². The van der Waals surface area contributed by atoms with Gasteiger partial charge in [-0.2, -0.15) is 0 Å². The molecule has 0 saturated carbocycles. The zero-order chi connectivity index (χ0) is 14.8. The summed E-state index contributed by atoms with van der Waals surface area (Å²) >= 11 is 0. The summed E-state index contributed by atoms with van der Waals surface area (Å²) < 4.78 is 4.42. The maximum atomic E-state index is 11.9. The molecule has 2 rings (SSSR count). The van der Waals surface area contributed by atoms with Crippen LogP contribution < -0.4 is 11.1 Å². The van der Waals surface area contributed by atoms with Crippen molar-refractivity contribution in [3.63, 3.8) is 0 Å². The van der Waals surface area contributed by atoms with Crippen molar-refractivity contribution in [3.8, 4) is 0 Å². The number of anilines is 1. The van der Waals surface area contributed by atoms with Crippen LogP contribution in [-0.2, 0) is 0 Å². The van der Waals surface area contributed by atoms with Gasteiger partial charge in [0.2, 0.25) is 11.5 Å². The lowest BCUT2D eigenvalue weighted by Crippen LogP contribution is -2.57. The zero-order valence-electron chi connectivity index (χ0n) is 12.2. The number of nitrogens with zero attached hydrogens (tertiary/aromatic N) is 4. The monoisotopic (exact) mass is 282 g/mol. The van der Waals surface area contributed by atoms with Crippen molar-refractivity contribution in [2.45, 2.75) is 19.4 Å². The summed E-state index contributed by atoms with van der Waals surface area (Å²) in [6, 6.07) is 0. The van der Waals surface area contributed by atoms with Crippen LogP contribution in [0, 0.1) is 0 Å². The van der Waals surface area contributed by atoms with Crippen molar-refractivity contribution >= 4 is 11.7 Å². The Morgan fingerprint density at radius 2 is 2.00 bits per heavy atom.